The topological polar surface area (TPSA) is 69.6 Å². The molecule has 2 N–H and O–H groups in total. The summed E-state index contributed by atoms with van der Waals surface area (Å²) in [5, 5.41) is 13.4. The van der Waals surface area contributed by atoms with Gasteiger partial charge >= 0.3 is 0 Å². The van der Waals surface area contributed by atoms with Crippen LogP contribution in [0.1, 0.15) is 39.2 Å². The van der Waals surface area contributed by atoms with Gasteiger partial charge in [-0.1, -0.05) is 44.2 Å². The molecule has 0 saturated carbocycles. The van der Waals surface area contributed by atoms with Crippen molar-refractivity contribution in [3.63, 3.8) is 0 Å². The number of nitrogens with one attached hydrogen (secondary N) is 1. The summed E-state index contributed by atoms with van der Waals surface area (Å²) in [7, 11) is 0. The molecule has 23 heavy (non-hydrogen) atoms. The van der Waals surface area contributed by atoms with Gasteiger partial charge in [0.2, 0.25) is 11.8 Å². The molecule has 2 rings (SSSR count). The molecular weight excluding hydrogens is 292 g/mol. The van der Waals surface area contributed by atoms with Crippen molar-refractivity contribution in [2.24, 2.45) is 5.92 Å². The highest BCUT2D eigenvalue weighted by atomic mass is 16.3. The number of nitrogens with zero attached hydrogens (tertiary/aromatic N) is 1. The lowest BCUT2D eigenvalue weighted by Crippen LogP contribution is -2.52. The van der Waals surface area contributed by atoms with E-state index in [-0.39, 0.29) is 24.3 Å². The molecule has 5 nitrogen and oxygen atoms in total. The summed E-state index contributed by atoms with van der Waals surface area (Å²) in [5.74, 6) is -0.140. The molecule has 1 aromatic carbocycles. The predicted octanol–water partition coefficient (Wildman–Crippen LogP) is 1.66. The monoisotopic (exact) mass is 318 g/mol. The predicted molar refractivity (Wildman–Crippen MR) is 88.6 cm³/mol. The van der Waals surface area contributed by atoms with Gasteiger partial charge in [0.1, 0.15) is 11.6 Å². The smallest absolute Gasteiger partial charge is 0.243 e. The van der Waals surface area contributed by atoms with Crippen LogP contribution < -0.4 is 5.32 Å². The van der Waals surface area contributed by atoms with Crippen LogP contribution in [0.3, 0.4) is 0 Å². The van der Waals surface area contributed by atoms with Gasteiger partial charge in [-0.2, -0.15) is 0 Å². The minimum Gasteiger partial charge on any atom is -0.384 e. The Bertz CT molecular complexity index is 555. The van der Waals surface area contributed by atoms with Gasteiger partial charge in [-0.25, -0.2) is 0 Å². The van der Waals surface area contributed by atoms with Crippen LogP contribution in [0.25, 0.3) is 0 Å². The van der Waals surface area contributed by atoms with Crippen LogP contribution in [-0.2, 0) is 15.2 Å². The van der Waals surface area contributed by atoms with Crippen LogP contribution in [-0.4, -0.2) is 41.0 Å². The molecule has 0 aliphatic carbocycles. The van der Waals surface area contributed by atoms with Crippen LogP contribution in [0, 0.1) is 5.92 Å². The number of likely N-dealkylation sites (tertiary alicyclic amines) is 1. The molecule has 1 saturated heterocycles. The molecule has 2 atom stereocenters. The highest BCUT2D eigenvalue weighted by molar-refractivity contribution is 5.88. The van der Waals surface area contributed by atoms with E-state index < -0.39 is 11.6 Å². The lowest BCUT2D eigenvalue weighted by Gasteiger charge is -2.31. The fourth-order valence-electron chi connectivity index (χ4n) is 3.03. The summed E-state index contributed by atoms with van der Waals surface area (Å²) in [6, 6.07) is 8.77. The SMILES string of the molecule is CC(C)C(C(=O)NCC(C)(O)c1ccccc1)N1CCCC1=O. The second-order valence-corrected chi connectivity index (χ2v) is 6.74. The van der Waals surface area contributed by atoms with Crippen molar-refractivity contribution in [2.45, 2.75) is 45.3 Å². The molecule has 0 aromatic heterocycles. The Balaban J connectivity index is 2.03. The molecule has 1 aliphatic heterocycles. The highest BCUT2D eigenvalue weighted by Gasteiger charge is 2.35. The van der Waals surface area contributed by atoms with E-state index in [1.807, 2.05) is 44.2 Å². The van der Waals surface area contributed by atoms with Gasteiger partial charge < -0.3 is 15.3 Å². The number of rotatable bonds is 6. The Kier molecular flexibility index (Phi) is 5.42. The fraction of sp³-hybridized carbons (Fsp3) is 0.556. The van der Waals surface area contributed by atoms with E-state index in [1.165, 1.54) is 0 Å². The largest absolute Gasteiger partial charge is 0.384 e. The van der Waals surface area contributed by atoms with Crippen molar-refractivity contribution in [2.75, 3.05) is 13.1 Å². The van der Waals surface area contributed by atoms with Gasteiger partial charge in [0.05, 0.1) is 6.54 Å². The first-order valence-corrected chi connectivity index (χ1v) is 8.18. The fourth-order valence-corrected chi connectivity index (χ4v) is 3.03. The summed E-state index contributed by atoms with van der Waals surface area (Å²) in [5.41, 5.74) is -0.397. The molecule has 2 amide bonds. The second-order valence-electron chi connectivity index (χ2n) is 6.74. The van der Waals surface area contributed by atoms with Gasteiger partial charge in [0, 0.05) is 13.0 Å². The molecule has 0 bridgehead atoms. The van der Waals surface area contributed by atoms with E-state index in [1.54, 1.807) is 11.8 Å². The number of hydrogen-bond donors (Lipinski definition) is 2. The normalized spacial score (nSPS) is 18.8. The second kappa shape index (κ2) is 7.13. The van der Waals surface area contributed by atoms with Crippen molar-refractivity contribution >= 4 is 11.8 Å². The zero-order valence-corrected chi connectivity index (χ0v) is 14.1. The number of aliphatic hydroxyl groups is 1. The third-order valence-corrected chi connectivity index (χ3v) is 4.35. The molecule has 5 heteroatoms. The van der Waals surface area contributed by atoms with Crippen LogP contribution in [0.15, 0.2) is 30.3 Å². The minimum atomic E-state index is -1.15. The first-order valence-electron chi connectivity index (χ1n) is 8.18. The Hall–Kier alpha value is -1.88. The zero-order chi connectivity index (χ0) is 17.0. The number of carbonyl (C=O) groups excluding carboxylic acids is 2. The van der Waals surface area contributed by atoms with Gasteiger partial charge in [0.15, 0.2) is 0 Å². The molecule has 1 aromatic rings. The van der Waals surface area contributed by atoms with Gasteiger partial charge in [-0.15, -0.1) is 0 Å². The third-order valence-electron chi connectivity index (χ3n) is 4.35. The summed E-state index contributed by atoms with van der Waals surface area (Å²) in [6.07, 6.45) is 1.31. The maximum absolute atomic E-state index is 12.6. The third kappa shape index (κ3) is 4.10. The Morgan fingerprint density at radius 1 is 1.35 bits per heavy atom. The Morgan fingerprint density at radius 2 is 2.00 bits per heavy atom. The zero-order valence-electron chi connectivity index (χ0n) is 14.1. The van der Waals surface area contributed by atoms with Crippen molar-refractivity contribution in [1.82, 2.24) is 10.2 Å². The van der Waals surface area contributed by atoms with Crippen LogP contribution >= 0.6 is 0 Å². The summed E-state index contributed by atoms with van der Waals surface area (Å²) in [6.45, 7) is 6.29. The number of benzene rings is 1. The maximum atomic E-state index is 12.6. The van der Waals surface area contributed by atoms with Crippen molar-refractivity contribution in [3.05, 3.63) is 35.9 Å². The quantitative estimate of drug-likeness (QED) is 0.838. The Labute approximate surface area is 137 Å². The molecular formula is C18H26N2O3. The van der Waals surface area contributed by atoms with E-state index >= 15 is 0 Å². The van der Waals surface area contributed by atoms with E-state index in [4.69, 9.17) is 0 Å². The van der Waals surface area contributed by atoms with Crippen LogP contribution in [0.2, 0.25) is 0 Å². The average molecular weight is 318 g/mol. The number of carbonyl (C=O) groups is 2. The molecule has 2 unspecified atom stereocenters. The van der Waals surface area contributed by atoms with Crippen LogP contribution in [0.5, 0.6) is 0 Å². The maximum Gasteiger partial charge on any atom is 0.243 e. The number of hydrogen-bond acceptors (Lipinski definition) is 3. The number of amides is 2. The Morgan fingerprint density at radius 3 is 2.52 bits per heavy atom. The molecule has 0 spiro atoms. The standard InChI is InChI=1S/C18H26N2O3/c1-13(2)16(20-11-7-10-15(20)21)17(22)19-12-18(3,23)14-8-5-4-6-9-14/h4-6,8-9,13,16,23H,7,10-12H2,1-3H3,(H,19,22). The molecule has 126 valence electrons. The van der Waals surface area contributed by atoms with Crippen LogP contribution in [0.4, 0.5) is 0 Å². The molecule has 1 aliphatic rings. The van der Waals surface area contributed by atoms with E-state index in [2.05, 4.69) is 5.32 Å². The lowest BCUT2D eigenvalue weighted by atomic mass is 9.95. The first-order chi connectivity index (χ1) is 10.8. The summed E-state index contributed by atoms with van der Waals surface area (Å²) < 4.78 is 0. The molecule has 0 radical (unpaired) electrons. The first kappa shape index (κ1) is 17.5. The van der Waals surface area contributed by atoms with Crippen molar-refractivity contribution < 1.29 is 14.7 Å². The molecule has 1 heterocycles. The lowest BCUT2D eigenvalue weighted by molar-refractivity contribution is -0.139. The van der Waals surface area contributed by atoms with Gasteiger partial charge in [-0.3, -0.25) is 9.59 Å². The van der Waals surface area contributed by atoms with E-state index in [9.17, 15) is 14.7 Å². The average Bonchev–Trinajstić information content (AvgIpc) is 2.92. The summed E-state index contributed by atoms with van der Waals surface area (Å²) >= 11 is 0. The van der Waals surface area contributed by atoms with Crippen molar-refractivity contribution in [1.29, 1.82) is 0 Å². The molecule has 1 fully saturated rings. The highest BCUT2D eigenvalue weighted by Crippen LogP contribution is 2.21. The minimum absolute atomic E-state index is 0.0266. The van der Waals surface area contributed by atoms with Gasteiger partial charge in [0.25, 0.3) is 0 Å². The summed E-state index contributed by atoms with van der Waals surface area (Å²) in [4.78, 5) is 26.2. The van der Waals surface area contributed by atoms with Crippen molar-refractivity contribution in [3.8, 4) is 0 Å². The van der Waals surface area contributed by atoms with E-state index in [0.717, 1.165) is 12.0 Å². The van der Waals surface area contributed by atoms with E-state index in [0.29, 0.717) is 13.0 Å². The van der Waals surface area contributed by atoms with Gasteiger partial charge in [-0.05, 0) is 24.8 Å².